The Labute approximate surface area is 339 Å². The number of anilines is 1. The van der Waals surface area contributed by atoms with E-state index >= 15 is 4.39 Å². The van der Waals surface area contributed by atoms with E-state index in [1.807, 2.05) is 0 Å². The van der Waals surface area contributed by atoms with Crippen molar-refractivity contribution in [2.45, 2.75) is 87.4 Å². The van der Waals surface area contributed by atoms with Crippen LogP contribution in [0.25, 0.3) is 0 Å². The van der Waals surface area contributed by atoms with E-state index in [2.05, 4.69) is 15.3 Å². The highest BCUT2D eigenvalue weighted by atomic mass is 35.5. The number of aromatic nitrogens is 2. The Morgan fingerprint density at radius 1 is 0.983 bits per heavy atom. The van der Waals surface area contributed by atoms with Crippen LogP contribution in [0.15, 0.2) is 78.1 Å². The van der Waals surface area contributed by atoms with Gasteiger partial charge in [0, 0.05) is 43.0 Å². The first-order valence-electron chi connectivity index (χ1n) is 18.4. The summed E-state index contributed by atoms with van der Waals surface area (Å²) in [6.07, 6.45) is -2.75. The molecule has 1 amide bonds. The third-order valence-electron chi connectivity index (χ3n) is 10.0. The molecule has 3 aromatic carbocycles. The van der Waals surface area contributed by atoms with E-state index in [0.29, 0.717) is 42.1 Å². The highest BCUT2D eigenvalue weighted by molar-refractivity contribution is 7.92. The lowest BCUT2D eigenvalue weighted by Crippen LogP contribution is -2.65. The molecular weight excluding hydrogens is 806 g/mol. The molecule has 1 saturated heterocycles. The fraction of sp³-hybridized carbons (Fsp3) is 0.425. The smallest absolute Gasteiger partial charge is 0.416 e. The molecule has 3 atom stereocenters. The molecule has 0 spiro atoms. The highest BCUT2D eigenvalue weighted by Gasteiger charge is 2.45. The van der Waals surface area contributed by atoms with E-state index in [0.717, 1.165) is 34.9 Å². The van der Waals surface area contributed by atoms with Crippen LogP contribution in [0.1, 0.15) is 62.6 Å². The molecule has 2 fully saturated rings. The molecule has 0 radical (unpaired) electrons. The predicted molar refractivity (Wildman–Crippen MR) is 207 cm³/mol. The molecule has 2 aliphatic rings. The number of methoxy groups -OCH3 is 2. The lowest BCUT2D eigenvalue weighted by Gasteiger charge is -2.48. The van der Waals surface area contributed by atoms with Crippen molar-refractivity contribution in [2.24, 2.45) is 0 Å². The van der Waals surface area contributed by atoms with Crippen LogP contribution in [0.5, 0.6) is 17.2 Å². The number of rotatable bonds is 12. The van der Waals surface area contributed by atoms with Crippen LogP contribution in [0.2, 0.25) is 5.02 Å². The van der Waals surface area contributed by atoms with E-state index in [4.69, 9.17) is 30.5 Å². The normalized spacial score (nSPS) is 18.8. The molecule has 2 heterocycles. The number of carbonyl (C=O) groups excluding carboxylic acids is 1. The van der Waals surface area contributed by atoms with Gasteiger partial charge in [0.1, 0.15) is 51.8 Å². The molecule has 312 valence electrons. The number of nitrogens with one attached hydrogen (secondary N) is 1. The summed E-state index contributed by atoms with van der Waals surface area (Å²) in [5.74, 6) is -1.05. The summed E-state index contributed by atoms with van der Waals surface area (Å²) in [4.78, 5) is 22.7. The van der Waals surface area contributed by atoms with Crippen molar-refractivity contribution < 1.29 is 49.7 Å². The molecular formula is C40H44ClF4N5O7S. The van der Waals surface area contributed by atoms with Crippen molar-refractivity contribution in [2.75, 3.05) is 31.6 Å². The first-order valence-corrected chi connectivity index (χ1v) is 20.3. The summed E-state index contributed by atoms with van der Waals surface area (Å²) in [5.41, 5.74) is -0.789. The Morgan fingerprint density at radius 2 is 1.74 bits per heavy atom. The Morgan fingerprint density at radius 3 is 2.36 bits per heavy atom. The van der Waals surface area contributed by atoms with E-state index < -0.39 is 62.2 Å². The van der Waals surface area contributed by atoms with Crippen molar-refractivity contribution in [3.8, 4) is 17.2 Å². The first-order chi connectivity index (χ1) is 27.4. The second kappa shape index (κ2) is 17.2. The maximum atomic E-state index is 16.3. The van der Waals surface area contributed by atoms with Crippen molar-refractivity contribution in [3.05, 3.63) is 101 Å². The molecule has 6 rings (SSSR count). The van der Waals surface area contributed by atoms with Crippen LogP contribution in [-0.2, 0) is 27.5 Å². The Bertz CT molecular complexity index is 2210. The van der Waals surface area contributed by atoms with Crippen molar-refractivity contribution in [3.63, 3.8) is 0 Å². The minimum atomic E-state index is -4.72. The molecule has 0 bridgehead atoms. The predicted octanol–water partition coefficient (Wildman–Crippen LogP) is 7.99. The van der Waals surface area contributed by atoms with Gasteiger partial charge in [-0.2, -0.15) is 13.2 Å². The number of hydrogen-bond acceptors (Lipinski definition) is 10. The lowest BCUT2D eigenvalue weighted by atomic mass is 9.78. The fourth-order valence-corrected chi connectivity index (χ4v) is 8.84. The number of halogens is 5. The van der Waals surface area contributed by atoms with E-state index in [-0.39, 0.29) is 42.0 Å². The van der Waals surface area contributed by atoms with Gasteiger partial charge >= 0.3 is 12.3 Å². The zero-order chi connectivity index (χ0) is 42.0. The van der Waals surface area contributed by atoms with Crippen LogP contribution in [0.3, 0.4) is 0 Å². The third-order valence-corrected chi connectivity index (χ3v) is 12.1. The highest BCUT2D eigenvalue weighted by Crippen LogP contribution is 2.42. The van der Waals surface area contributed by atoms with E-state index in [1.165, 1.54) is 32.5 Å². The van der Waals surface area contributed by atoms with Crippen molar-refractivity contribution in [1.29, 1.82) is 0 Å². The SMILES string of the molecule is COc1ccc(CN(c2ccncn2)S(=O)(=O)c2cc(Cl)c(O[C@H]3CC[C@H](c4cccc(C(F)(F)F)c4)C[C@@H]3N(C(=O)OC(C)(C)C)C3CNC3)cc2F)c(OC)c1. The zero-order valence-corrected chi connectivity index (χ0v) is 34.0. The summed E-state index contributed by atoms with van der Waals surface area (Å²) in [5, 5.41) is 2.91. The van der Waals surface area contributed by atoms with E-state index in [9.17, 15) is 26.4 Å². The maximum Gasteiger partial charge on any atom is 0.416 e. The number of hydrogen-bond donors (Lipinski definition) is 1. The summed E-state index contributed by atoms with van der Waals surface area (Å²) >= 11 is 6.73. The number of amides is 1. The monoisotopic (exact) mass is 849 g/mol. The fourth-order valence-electron chi connectivity index (χ4n) is 7.10. The van der Waals surface area contributed by atoms with Crippen molar-refractivity contribution >= 4 is 33.5 Å². The van der Waals surface area contributed by atoms with Gasteiger partial charge in [-0.15, -0.1) is 0 Å². The Kier molecular flexibility index (Phi) is 12.6. The van der Waals surface area contributed by atoms with Crippen LogP contribution >= 0.6 is 11.6 Å². The number of sulfonamides is 1. The van der Waals surface area contributed by atoms with Gasteiger partial charge in [-0.25, -0.2) is 31.9 Å². The number of carbonyl (C=O) groups is 1. The topological polar surface area (TPSA) is 132 Å². The number of nitrogens with zero attached hydrogens (tertiary/aromatic N) is 4. The van der Waals surface area contributed by atoms with Gasteiger partial charge in [0.2, 0.25) is 0 Å². The molecule has 0 unspecified atom stereocenters. The van der Waals surface area contributed by atoms with Crippen LogP contribution in [0.4, 0.5) is 28.2 Å². The van der Waals surface area contributed by atoms with Gasteiger partial charge in [0.15, 0.2) is 0 Å². The minimum absolute atomic E-state index is 0.0585. The molecule has 58 heavy (non-hydrogen) atoms. The largest absolute Gasteiger partial charge is 0.497 e. The number of ether oxygens (including phenoxy) is 4. The standard InChI is InChI=1S/C40H44ClF4N5O7S/c1-39(2,3)57-38(51)50(28-20-47-21-28)32-16-25(24-7-6-8-27(15-24)40(43,44)45)10-12-33(32)56-35-19-31(42)36(18-30(35)41)58(52,53)49(37-13-14-46-23-48-37)22-26-9-11-29(54-4)17-34(26)55-5/h6-9,11,13-15,17-19,23,25,28,32-33,47H,10,12,16,20-22H2,1-5H3/t25-,32-,33-/m0/s1. The maximum absolute atomic E-state index is 16.3. The van der Waals surface area contributed by atoms with E-state index in [1.54, 1.807) is 49.9 Å². The summed E-state index contributed by atoms with van der Waals surface area (Å²) < 4.78 is 110. The van der Waals surface area contributed by atoms with Gasteiger partial charge < -0.3 is 24.3 Å². The molecule has 12 nitrogen and oxygen atoms in total. The zero-order valence-electron chi connectivity index (χ0n) is 32.4. The number of alkyl halides is 3. The van der Waals surface area contributed by atoms with Crippen LogP contribution in [0, 0.1) is 5.82 Å². The second-order valence-corrected chi connectivity index (χ2v) is 17.3. The van der Waals surface area contributed by atoms with Crippen LogP contribution in [-0.4, -0.2) is 80.5 Å². The van der Waals surface area contributed by atoms with Gasteiger partial charge in [0.05, 0.1) is 43.4 Å². The second-order valence-electron chi connectivity index (χ2n) is 15.0. The average Bonchev–Trinajstić information content (AvgIpc) is 3.15. The molecule has 1 aliphatic heterocycles. The van der Waals surface area contributed by atoms with Gasteiger partial charge in [-0.05, 0) is 75.8 Å². The lowest BCUT2D eigenvalue weighted by molar-refractivity contribution is -0.137. The summed E-state index contributed by atoms with van der Waals surface area (Å²) in [6, 6.07) is 12.0. The number of benzene rings is 3. The summed E-state index contributed by atoms with van der Waals surface area (Å²) in [6.45, 7) is 5.71. The molecule has 4 aromatic rings. The van der Waals surface area contributed by atoms with Crippen molar-refractivity contribution in [1.82, 2.24) is 20.2 Å². The molecule has 1 N–H and O–H groups in total. The van der Waals surface area contributed by atoms with Crippen LogP contribution < -0.4 is 23.8 Å². The quantitative estimate of drug-likeness (QED) is 0.140. The molecule has 1 aliphatic carbocycles. The third kappa shape index (κ3) is 9.53. The first kappa shape index (κ1) is 42.7. The Hall–Kier alpha value is -4.87. The average molecular weight is 850 g/mol. The van der Waals surface area contributed by atoms with Gasteiger partial charge in [-0.3, -0.25) is 4.90 Å². The molecule has 1 saturated carbocycles. The van der Waals surface area contributed by atoms with Gasteiger partial charge in [0.25, 0.3) is 10.0 Å². The minimum Gasteiger partial charge on any atom is -0.497 e. The van der Waals surface area contributed by atoms with Gasteiger partial charge in [-0.1, -0.05) is 29.8 Å². The Balaban J connectivity index is 1.35. The molecule has 18 heteroatoms. The summed E-state index contributed by atoms with van der Waals surface area (Å²) in [7, 11) is -1.84. The molecule has 1 aromatic heterocycles.